The molecule has 0 bridgehead atoms. The number of para-hydroxylation sites is 1. The largest absolute Gasteiger partial charge is 0.340 e. The summed E-state index contributed by atoms with van der Waals surface area (Å²) >= 11 is 6.02. The van der Waals surface area contributed by atoms with Crippen molar-refractivity contribution in [3.63, 3.8) is 0 Å². The van der Waals surface area contributed by atoms with E-state index in [1.807, 2.05) is 0 Å². The third-order valence-electron chi connectivity index (χ3n) is 3.36. The first-order valence-corrected chi connectivity index (χ1v) is 6.75. The standard InChI is InChI=1S/C16H12ClFN2O/c1-20-14-9-11(18)7-6-10(14)8-15(20)16(21)19-13-5-3-2-4-12(13)17/h2-9H,1H3,(H,19,21). The van der Waals surface area contributed by atoms with Crippen LogP contribution in [0.15, 0.2) is 48.5 Å². The predicted octanol–water partition coefficient (Wildman–Crippen LogP) is 4.22. The highest BCUT2D eigenvalue weighted by atomic mass is 35.5. The van der Waals surface area contributed by atoms with Crippen LogP contribution < -0.4 is 5.32 Å². The van der Waals surface area contributed by atoms with Crippen molar-refractivity contribution in [1.29, 1.82) is 0 Å². The molecule has 0 aliphatic rings. The lowest BCUT2D eigenvalue weighted by Crippen LogP contribution is -2.15. The van der Waals surface area contributed by atoms with Crippen molar-refractivity contribution in [2.24, 2.45) is 7.05 Å². The molecule has 0 radical (unpaired) electrons. The second-order valence-corrected chi connectivity index (χ2v) is 5.13. The van der Waals surface area contributed by atoms with Gasteiger partial charge in [0.2, 0.25) is 0 Å². The number of benzene rings is 2. The number of carbonyl (C=O) groups excluding carboxylic acids is 1. The van der Waals surface area contributed by atoms with E-state index in [1.54, 1.807) is 48.0 Å². The lowest BCUT2D eigenvalue weighted by Gasteiger charge is -2.08. The van der Waals surface area contributed by atoms with Gasteiger partial charge in [-0.25, -0.2) is 4.39 Å². The number of nitrogens with zero attached hydrogens (tertiary/aromatic N) is 1. The summed E-state index contributed by atoms with van der Waals surface area (Å²) in [4.78, 5) is 12.4. The molecular formula is C16H12ClFN2O. The number of fused-ring (bicyclic) bond motifs is 1. The van der Waals surface area contributed by atoms with E-state index in [9.17, 15) is 9.18 Å². The van der Waals surface area contributed by atoms with Gasteiger partial charge in [-0.2, -0.15) is 0 Å². The normalized spacial score (nSPS) is 10.8. The molecule has 0 saturated carbocycles. The van der Waals surface area contributed by atoms with Gasteiger partial charge in [-0.05, 0) is 36.4 Å². The highest BCUT2D eigenvalue weighted by Crippen LogP contribution is 2.23. The van der Waals surface area contributed by atoms with E-state index < -0.39 is 0 Å². The topological polar surface area (TPSA) is 34.0 Å². The molecule has 0 aliphatic carbocycles. The number of hydrogen-bond acceptors (Lipinski definition) is 1. The lowest BCUT2D eigenvalue weighted by molar-refractivity contribution is 0.101. The van der Waals surface area contributed by atoms with E-state index >= 15 is 0 Å². The van der Waals surface area contributed by atoms with E-state index in [4.69, 9.17) is 11.6 Å². The van der Waals surface area contributed by atoms with Crippen molar-refractivity contribution in [2.75, 3.05) is 5.32 Å². The van der Waals surface area contributed by atoms with Gasteiger partial charge in [0.25, 0.3) is 5.91 Å². The number of hydrogen-bond donors (Lipinski definition) is 1. The van der Waals surface area contributed by atoms with Gasteiger partial charge in [0, 0.05) is 12.4 Å². The summed E-state index contributed by atoms with van der Waals surface area (Å²) in [6.07, 6.45) is 0. The Kier molecular flexibility index (Phi) is 3.39. The SMILES string of the molecule is Cn1c(C(=O)Nc2ccccc2Cl)cc2ccc(F)cc21. The summed E-state index contributed by atoms with van der Waals surface area (Å²) in [5.41, 5.74) is 1.65. The van der Waals surface area contributed by atoms with Crippen LogP contribution in [0.5, 0.6) is 0 Å². The summed E-state index contributed by atoms with van der Waals surface area (Å²) < 4.78 is 15.0. The fraction of sp³-hybridized carbons (Fsp3) is 0.0625. The number of anilines is 1. The molecule has 5 heteroatoms. The zero-order chi connectivity index (χ0) is 15.0. The molecule has 1 N–H and O–H groups in total. The van der Waals surface area contributed by atoms with Gasteiger partial charge < -0.3 is 9.88 Å². The van der Waals surface area contributed by atoms with Gasteiger partial charge >= 0.3 is 0 Å². The third-order valence-corrected chi connectivity index (χ3v) is 3.69. The van der Waals surface area contributed by atoms with E-state index in [1.165, 1.54) is 12.1 Å². The van der Waals surface area contributed by atoms with Crippen molar-refractivity contribution in [3.8, 4) is 0 Å². The number of amides is 1. The Labute approximate surface area is 125 Å². The molecule has 0 unspecified atom stereocenters. The summed E-state index contributed by atoms with van der Waals surface area (Å²) in [6, 6.07) is 13.2. The van der Waals surface area contributed by atoms with Crippen LogP contribution in [0.3, 0.4) is 0 Å². The van der Waals surface area contributed by atoms with Crippen LogP contribution in [0.25, 0.3) is 10.9 Å². The minimum absolute atomic E-state index is 0.290. The predicted molar refractivity (Wildman–Crippen MR) is 82.3 cm³/mol. The first-order valence-electron chi connectivity index (χ1n) is 6.37. The number of aromatic nitrogens is 1. The molecule has 0 saturated heterocycles. The average Bonchev–Trinajstić information content (AvgIpc) is 2.79. The van der Waals surface area contributed by atoms with E-state index in [-0.39, 0.29) is 11.7 Å². The van der Waals surface area contributed by atoms with Crippen molar-refractivity contribution < 1.29 is 9.18 Å². The van der Waals surface area contributed by atoms with Crippen LogP contribution in [0.4, 0.5) is 10.1 Å². The molecule has 1 aromatic heterocycles. The molecule has 0 spiro atoms. The number of aryl methyl sites for hydroxylation is 1. The molecule has 3 nitrogen and oxygen atoms in total. The Bertz CT molecular complexity index is 841. The number of nitrogens with one attached hydrogen (secondary N) is 1. The monoisotopic (exact) mass is 302 g/mol. The fourth-order valence-electron chi connectivity index (χ4n) is 2.27. The molecule has 3 rings (SSSR count). The van der Waals surface area contributed by atoms with Gasteiger partial charge in [-0.3, -0.25) is 4.79 Å². The van der Waals surface area contributed by atoms with E-state index in [0.29, 0.717) is 21.9 Å². The maximum absolute atomic E-state index is 13.3. The highest BCUT2D eigenvalue weighted by Gasteiger charge is 2.14. The zero-order valence-corrected chi connectivity index (χ0v) is 12.0. The smallest absolute Gasteiger partial charge is 0.272 e. The van der Waals surface area contributed by atoms with Crippen molar-refractivity contribution in [2.45, 2.75) is 0 Å². The Balaban J connectivity index is 1.99. The van der Waals surface area contributed by atoms with Crippen LogP contribution in [0.1, 0.15) is 10.5 Å². The zero-order valence-electron chi connectivity index (χ0n) is 11.2. The molecule has 106 valence electrons. The first kappa shape index (κ1) is 13.6. The van der Waals surface area contributed by atoms with Gasteiger partial charge in [0.1, 0.15) is 11.5 Å². The Hall–Kier alpha value is -2.33. The number of rotatable bonds is 2. The van der Waals surface area contributed by atoms with E-state index in [2.05, 4.69) is 5.32 Å². The summed E-state index contributed by atoms with van der Waals surface area (Å²) in [6.45, 7) is 0. The Morgan fingerprint density at radius 1 is 1.19 bits per heavy atom. The van der Waals surface area contributed by atoms with Crippen molar-refractivity contribution >= 4 is 34.1 Å². The molecule has 1 heterocycles. The van der Waals surface area contributed by atoms with Crippen molar-refractivity contribution in [3.05, 3.63) is 65.1 Å². The van der Waals surface area contributed by atoms with Crippen LogP contribution in [0.2, 0.25) is 5.02 Å². The molecule has 21 heavy (non-hydrogen) atoms. The molecule has 1 amide bonds. The van der Waals surface area contributed by atoms with Gasteiger partial charge in [0.05, 0.1) is 16.2 Å². The molecule has 0 atom stereocenters. The molecule has 2 aromatic carbocycles. The highest BCUT2D eigenvalue weighted by molar-refractivity contribution is 6.33. The summed E-state index contributed by atoms with van der Waals surface area (Å²) in [5.74, 6) is -0.621. The van der Waals surface area contributed by atoms with Crippen LogP contribution >= 0.6 is 11.6 Å². The Morgan fingerprint density at radius 3 is 2.71 bits per heavy atom. The number of carbonyl (C=O) groups is 1. The maximum Gasteiger partial charge on any atom is 0.272 e. The lowest BCUT2D eigenvalue weighted by atomic mass is 10.2. The molecule has 0 aliphatic heterocycles. The first-order chi connectivity index (χ1) is 10.1. The maximum atomic E-state index is 13.3. The van der Waals surface area contributed by atoms with Gasteiger partial charge in [-0.1, -0.05) is 23.7 Å². The fourth-order valence-corrected chi connectivity index (χ4v) is 2.45. The second-order valence-electron chi connectivity index (χ2n) is 4.73. The summed E-state index contributed by atoms with van der Waals surface area (Å²) in [7, 11) is 1.73. The Morgan fingerprint density at radius 2 is 1.95 bits per heavy atom. The average molecular weight is 303 g/mol. The van der Waals surface area contributed by atoms with E-state index in [0.717, 1.165) is 5.39 Å². The van der Waals surface area contributed by atoms with Gasteiger partial charge in [0.15, 0.2) is 0 Å². The molecule has 3 aromatic rings. The minimum Gasteiger partial charge on any atom is -0.340 e. The van der Waals surface area contributed by atoms with Gasteiger partial charge in [-0.15, -0.1) is 0 Å². The number of halogens is 2. The molecule has 0 fully saturated rings. The van der Waals surface area contributed by atoms with Crippen molar-refractivity contribution in [1.82, 2.24) is 4.57 Å². The molecular weight excluding hydrogens is 291 g/mol. The second kappa shape index (κ2) is 5.22. The third kappa shape index (κ3) is 2.50. The van der Waals surface area contributed by atoms with Crippen LogP contribution in [-0.4, -0.2) is 10.5 Å². The quantitative estimate of drug-likeness (QED) is 0.755. The summed E-state index contributed by atoms with van der Waals surface area (Å²) in [5, 5.41) is 4.03. The van der Waals surface area contributed by atoms with Crippen LogP contribution in [-0.2, 0) is 7.05 Å². The minimum atomic E-state index is -0.332. The van der Waals surface area contributed by atoms with Crippen LogP contribution in [0, 0.1) is 5.82 Å².